The normalized spacial score (nSPS) is 19.1. The first-order valence-corrected chi connectivity index (χ1v) is 6.45. The van der Waals surface area contributed by atoms with E-state index in [-0.39, 0.29) is 0 Å². The number of nitrogens with two attached hydrogens (primary N) is 1. The highest BCUT2D eigenvalue weighted by atomic mass is 16.5. The summed E-state index contributed by atoms with van der Waals surface area (Å²) in [6.45, 7) is 2.65. The van der Waals surface area contributed by atoms with Crippen LogP contribution in [0.4, 0.5) is 11.9 Å². The lowest BCUT2D eigenvalue weighted by atomic mass is 10.4. The number of hydrogen-bond acceptors (Lipinski definition) is 7. The smallest absolute Gasteiger partial charge is 0.323 e. The Hall–Kier alpha value is -1.63. The van der Waals surface area contributed by atoms with E-state index in [0.717, 1.165) is 13.1 Å². The summed E-state index contributed by atoms with van der Waals surface area (Å²) < 4.78 is 5.59. The topological polar surface area (TPSA) is 89.2 Å². The van der Waals surface area contributed by atoms with Gasteiger partial charge >= 0.3 is 6.01 Å². The van der Waals surface area contributed by atoms with Crippen LogP contribution >= 0.6 is 0 Å². The van der Waals surface area contributed by atoms with Gasteiger partial charge in [0.15, 0.2) is 0 Å². The molecule has 1 aromatic rings. The predicted molar refractivity (Wildman–Crippen MR) is 67.3 cm³/mol. The van der Waals surface area contributed by atoms with Crippen LogP contribution in [0.3, 0.4) is 0 Å². The van der Waals surface area contributed by atoms with Crippen LogP contribution in [0.1, 0.15) is 25.7 Å². The fraction of sp³-hybridized carbons (Fsp3) is 0.727. The van der Waals surface area contributed by atoms with Gasteiger partial charge in [-0.1, -0.05) is 0 Å². The molecule has 3 rings (SSSR count). The summed E-state index contributed by atoms with van der Waals surface area (Å²) >= 11 is 0. The predicted octanol–water partition coefficient (Wildman–Crippen LogP) is 0.546. The molecule has 0 unspecified atom stereocenters. The SMILES string of the molecule is NNc1nc(OCC2CC2)nc(N2CCCC2)n1. The molecule has 0 spiro atoms. The molecule has 1 aromatic heterocycles. The summed E-state index contributed by atoms with van der Waals surface area (Å²) in [7, 11) is 0. The van der Waals surface area contributed by atoms with E-state index in [1.54, 1.807) is 0 Å². The van der Waals surface area contributed by atoms with Gasteiger partial charge in [0, 0.05) is 13.1 Å². The molecular weight excluding hydrogens is 232 g/mol. The molecular formula is C11H18N6O. The van der Waals surface area contributed by atoms with Crippen molar-refractivity contribution in [3.8, 4) is 6.01 Å². The van der Waals surface area contributed by atoms with Crippen molar-refractivity contribution in [2.45, 2.75) is 25.7 Å². The largest absolute Gasteiger partial charge is 0.463 e. The number of hydrogen-bond donors (Lipinski definition) is 2. The molecule has 98 valence electrons. The second-order valence-corrected chi connectivity index (χ2v) is 4.83. The maximum Gasteiger partial charge on any atom is 0.323 e. The van der Waals surface area contributed by atoms with Crippen molar-refractivity contribution in [2.75, 3.05) is 30.0 Å². The molecule has 1 saturated carbocycles. The van der Waals surface area contributed by atoms with Gasteiger partial charge in [-0.3, -0.25) is 5.43 Å². The van der Waals surface area contributed by atoms with Gasteiger partial charge in [-0.15, -0.1) is 0 Å². The first-order valence-electron chi connectivity index (χ1n) is 6.45. The van der Waals surface area contributed by atoms with Crippen LogP contribution in [0.15, 0.2) is 0 Å². The molecule has 2 aliphatic rings. The Kier molecular flexibility index (Phi) is 3.14. The quantitative estimate of drug-likeness (QED) is 0.582. The minimum atomic E-state index is 0.359. The average Bonchev–Trinajstić information content (AvgIpc) is 3.07. The van der Waals surface area contributed by atoms with Crippen LogP contribution in [-0.2, 0) is 0 Å². The number of nitrogens with zero attached hydrogens (tertiary/aromatic N) is 4. The van der Waals surface area contributed by atoms with E-state index in [4.69, 9.17) is 10.6 Å². The van der Waals surface area contributed by atoms with Gasteiger partial charge in [-0.25, -0.2) is 5.84 Å². The Balaban J connectivity index is 1.76. The first kappa shape index (κ1) is 11.5. The van der Waals surface area contributed by atoms with Crippen molar-refractivity contribution in [3.05, 3.63) is 0 Å². The van der Waals surface area contributed by atoms with Gasteiger partial charge in [-0.05, 0) is 31.6 Å². The number of nitrogens with one attached hydrogen (secondary N) is 1. The molecule has 0 amide bonds. The van der Waals surface area contributed by atoms with E-state index in [1.807, 2.05) is 0 Å². The van der Waals surface area contributed by atoms with Crippen LogP contribution in [0, 0.1) is 5.92 Å². The number of ether oxygens (including phenoxy) is 1. The highest BCUT2D eigenvalue weighted by Crippen LogP contribution is 2.29. The second kappa shape index (κ2) is 4.93. The lowest BCUT2D eigenvalue weighted by molar-refractivity contribution is 0.276. The molecule has 3 N–H and O–H groups in total. The second-order valence-electron chi connectivity index (χ2n) is 4.83. The highest BCUT2D eigenvalue weighted by molar-refractivity contribution is 5.38. The van der Waals surface area contributed by atoms with Crippen molar-refractivity contribution in [3.63, 3.8) is 0 Å². The molecule has 2 heterocycles. The van der Waals surface area contributed by atoms with Crippen molar-refractivity contribution < 1.29 is 4.74 Å². The van der Waals surface area contributed by atoms with Crippen LogP contribution in [-0.4, -0.2) is 34.6 Å². The zero-order chi connectivity index (χ0) is 12.4. The van der Waals surface area contributed by atoms with Crippen molar-refractivity contribution in [2.24, 2.45) is 11.8 Å². The Morgan fingerprint density at radius 3 is 2.67 bits per heavy atom. The molecule has 18 heavy (non-hydrogen) atoms. The third kappa shape index (κ3) is 2.61. The van der Waals surface area contributed by atoms with E-state index >= 15 is 0 Å². The monoisotopic (exact) mass is 250 g/mol. The molecule has 0 radical (unpaired) electrons. The minimum Gasteiger partial charge on any atom is -0.463 e. The van der Waals surface area contributed by atoms with Gasteiger partial charge < -0.3 is 9.64 Å². The van der Waals surface area contributed by atoms with Gasteiger partial charge in [0.1, 0.15) is 0 Å². The number of anilines is 2. The Bertz CT molecular complexity index is 416. The number of nitrogen functional groups attached to an aromatic ring is 1. The Labute approximate surface area is 106 Å². The molecule has 1 aliphatic carbocycles. The molecule has 0 atom stereocenters. The zero-order valence-electron chi connectivity index (χ0n) is 10.3. The van der Waals surface area contributed by atoms with Crippen LogP contribution in [0.2, 0.25) is 0 Å². The van der Waals surface area contributed by atoms with E-state index in [1.165, 1.54) is 25.7 Å². The third-order valence-electron chi connectivity index (χ3n) is 3.27. The average molecular weight is 250 g/mol. The summed E-state index contributed by atoms with van der Waals surface area (Å²) in [5.74, 6) is 7.06. The number of hydrazine groups is 1. The van der Waals surface area contributed by atoms with Crippen molar-refractivity contribution >= 4 is 11.9 Å². The summed E-state index contributed by atoms with van der Waals surface area (Å²) in [5.41, 5.74) is 2.47. The van der Waals surface area contributed by atoms with E-state index in [0.29, 0.717) is 30.4 Å². The van der Waals surface area contributed by atoms with Crippen LogP contribution in [0.25, 0.3) is 0 Å². The van der Waals surface area contributed by atoms with Gasteiger partial charge in [-0.2, -0.15) is 15.0 Å². The van der Waals surface area contributed by atoms with Crippen molar-refractivity contribution in [1.82, 2.24) is 15.0 Å². The summed E-state index contributed by atoms with van der Waals surface area (Å²) in [5, 5.41) is 0. The van der Waals surface area contributed by atoms with Gasteiger partial charge in [0.2, 0.25) is 11.9 Å². The fourth-order valence-electron chi connectivity index (χ4n) is 2.01. The summed E-state index contributed by atoms with van der Waals surface area (Å²) in [4.78, 5) is 14.9. The third-order valence-corrected chi connectivity index (χ3v) is 3.27. The van der Waals surface area contributed by atoms with E-state index < -0.39 is 0 Å². The highest BCUT2D eigenvalue weighted by Gasteiger charge is 2.23. The fourth-order valence-corrected chi connectivity index (χ4v) is 2.01. The van der Waals surface area contributed by atoms with E-state index in [2.05, 4.69) is 25.3 Å². The van der Waals surface area contributed by atoms with Gasteiger partial charge in [0.25, 0.3) is 0 Å². The lowest BCUT2D eigenvalue weighted by Gasteiger charge is -2.16. The molecule has 7 heteroatoms. The van der Waals surface area contributed by atoms with Crippen LogP contribution < -0.4 is 20.9 Å². The lowest BCUT2D eigenvalue weighted by Crippen LogP contribution is -2.23. The Morgan fingerprint density at radius 1 is 1.22 bits per heavy atom. The molecule has 2 fully saturated rings. The molecule has 7 nitrogen and oxygen atoms in total. The van der Waals surface area contributed by atoms with Gasteiger partial charge in [0.05, 0.1) is 6.61 Å². The van der Waals surface area contributed by atoms with E-state index in [9.17, 15) is 0 Å². The van der Waals surface area contributed by atoms with Crippen molar-refractivity contribution in [1.29, 1.82) is 0 Å². The molecule has 0 bridgehead atoms. The maximum absolute atomic E-state index is 5.59. The minimum absolute atomic E-state index is 0.359. The zero-order valence-corrected chi connectivity index (χ0v) is 10.3. The Morgan fingerprint density at radius 2 is 2.00 bits per heavy atom. The molecule has 1 aliphatic heterocycles. The first-order chi connectivity index (χ1) is 8.85. The number of rotatable bonds is 5. The molecule has 0 aromatic carbocycles. The maximum atomic E-state index is 5.59. The van der Waals surface area contributed by atoms with Crippen LogP contribution in [0.5, 0.6) is 6.01 Å². The molecule has 1 saturated heterocycles. The summed E-state index contributed by atoms with van der Waals surface area (Å²) in [6.07, 6.45) is 4.84. The standard InChI is InChI=1S/C11H18N6O/c12-16-9-13-10(17-5-1-2-6-17)15-11(14-9)18-7-8-3-4-8/h8H,1-7,12H2,(H,13,14,15,16). The number of aromatic nitrogens is 3. The summed E-state index contributed by atoms with van der Waals surface area (Å²) in [6, 6.07) is 0.367.